The van der Waals surface area contributed by atoms with Crippen LogP contribution in [0.4, 0.5) is 11.4 Å². The van der Waals surface area contributed by atoms with Gasteiger partial charge in [0.15, 0.2) is 0 Å². The normalized spacial score (nSPS) is 18.9. The number of nitriles is 1. The minimum atomic E-state index is 0.382. The summed E-state index contributed by atoms with van der Waals surface area (Å²) in [4.78, 5) is 2.31. The first kappa shape index (κ1) is 12.1. The quantitative estimate of drug-likeness (QED) is 0.833. The predicted octanol–water partition coefficient (Wildman–Crippen LogP) is 2.28. The van der Waals surface area contributed by atoms with Gasteiger partial charge in [0.1, 0.15) is 0 Å². The molecule has 0 aliphatic carbocycles. The standard InChI is InChI=1S/C13H17N3S/c1-16(12-5-7-17-9-12)11-2-3-13(15)10(8-11)4-6-14/h2-3,8,12H,4-5,7,9,15H2,1H3. The van der Waals surface area contributed by atoms with Crippen molar-refractivity contribution in [1.82, 2.24) is 0 Å². The van der Waals surface area contributed by atoms with Crippen molar-refractivity contribution in [1.29, 1.82) is 5.26 Å². The van der Waals surface area contributed by atoms with Crippen molar-refractivity contribution < 1.29 is 0 Å². The Morgan fingerprint density at radius 2 is 2.41 bits per heavy atom. The van der Waals surface area contributed by atoms with Crippen LogP contribution in [-0.4, -0.2) is 24.6 Å². The molecular formula is C13H17N3S. The van der Waals surface area contributed by atoms with Gasteiger partial charge in [0.2, 0.25) is 0 Å². The van der Waals surface area contributed by atoms with E-state index in [0.717, 1.165) is 11.3 Å². The molecule has 4 heteroatoms. The monoisotopic (exact) mass is 247 g/mol. The number of anilines is 2. The smallest absolute Gasteiger partial charge is 0.0670 e. The van der Waals surface area contributed by atoms with Gasteiger partial charge in [-0.25, -0.2) is 0 Å². The number of thioether (sulfide) groups is 1. The zero-order valence-corrected chi connectivity index (χ0v) is 10.8. The van der Waals surface area contributed by atoms with E-state index in [1.54, 1.807) is 0 Å². The third-order valence-corrected chi connectivity index (χ3v) is 4.40. The number of nitrogen functional groups attached to an aromatic ring is 1. The van der Waals surface area contributed by atoms with Crippen LogP contribution < -0.4 is 10.6 Å². The zero-order chi connectivity index (χ0) is 12.3. The number of rotatable bonds is 3. The summed E-state index contributed by atoms with van der Waals surface area (Å²) < 4.78 is 0. The Morgan fingerprint density at radius 1 is 1.59 bits per heavy atom. The van der Waals surface area contributed by atoms with E-state index in [-0.39, 0.29) is 0 Å². The fourth-order valence-electron chi connectivity index (χ4n) is 2.09. The van der Waals surface area contributed by atoms with Crippen LogP contribution in [0, 0.1) is 11.3 Å². The second kappa shape index (κ2) is 5.33. The fourth-order valence-corrected chi connectivity index (χ4v) is 3.36. The lowest BCUT2D eigenvalue weighted by Crippen LogP contribution is -2.31. The van der Waals surface area contributed by atoms with Crippen LogP contribution in [0.2, 0.25) is 0 Å². The summed E-state index contributed by atoms with van der Waals surface area (Å²) in [6.07, 6.45) is 1.62. The lowest BCUT2D eigenvalue weighted by molar-refractivity contribution is 0.700. The molecule has 1 aromatic rings. The molecule has 1 aromatic carbocycles. The molecule has 0 amide bonds. The maximum atomic E-state index is 8.76. The van der Waals surface area contributed by atoms with Gasteiger partial charge in [-0.2, -0.15) is 17.0 Å². The number of hydrogen-bond donors (Lipinski definition) is 1. The molecule has 1 heterocycles. The van der Waals surface area contributed by atoms with E-state index in [2.05, 4.69) is 18.0 Å². The highest BCUT2D eigenvalue weighted by atomic mass is 32.2. The van der Waals surface area contributed by atoms with Gasteiger partial charge in [0, 0.05) is 30.2 Å². The Hall–Kier alpha value is -1.34. The highest BCUT2D eigenvalue weighted by Gasteiger charge is 2.20. The molecule has 1 unspecified atom stereocenters. The topological polar surface area (TPSA) is 53.0 Å². The molecule has 1 atom stereocenters. The van der Waals surface area contributed by atoms with Gasteiger partial charge in [-0.05, 0) is 35.9 Å². The molecule has 17 heavy (non-hydrogen) atoms. The summed E-state index contributed by atoms with van der Waals surface area (Å²) in [5.41, 5.74) is 8.66. The zero-order valence-electron chi connectivity index (χ0n) is 10.0. The first-order chi connectivity index (χ1) is 8.22. The van der Waals surface area contributed by atoms with E-state index in [9.17, 15) is 0 Å². The highest BCUT2D eigenvalue weighted by molar-refractivity contribution is 7.99. The van der Waals surface area contributed by atoms with Gasteiger partial charge in [-0.3, -0.25) is 0 Å². The molecule has 2 N–H and O–H groups in total. The predicted molar refractivity (Wildman–Crippen MR) is 74.3 cm³/mol. The van der Waals surface area contributed by atoms with Crippen molar-refractivity contribution in [2.45, 2.75) is 18.9 Å². The first-order valence-electron chi connectivity index (χ1n) is 5.78. The SMILES string of the molecule is CN(c1ccc(N)c(CC#N)c1)C1CCSC1. The third-order valence-electron chi connectivity index (χ3n) is 3.26. The van der Waals surface area contributed by atoms with E-state index in [1.807, 2.05) is 30.0 Å². The average Bonchev–Trinajstić information content (AvgIpc) is 2.85. The second-order valence-corrected chi connectivity index (χ2v) is 5.50. The third kappa shape index (κ3) is 2.67. The summed E-state index contributed by atoms with van der Waals surface area (Å²) in [6.45, 7) is 0. The van der Waals surface area contributed by atoms with Crippen LogP contribution in [-0.2, 0) is 6.42 Å². The Labute approximate surface area is 107 Å². The average molecular weight is 247 g/mol. The van der Waals surface area contributed by atoms with Crippen molar-refractivity contribution in [3.63, 3.8) is 0 Å². The van der Waals surface area contributed by atoms with Crippen LogP contribution in [0.5, 0.6) is 0 Å². The van der Waals surface area contributed by atoms with E-state index >= 15 is 0 Å². The molecule has 0 radical (unpaired) electrons. The summed E-state index contributed by atoms with van der Waals surface area (Å²) in [7, 11) is 2.12. The minimum absolute atomic E-state index is 0.382. The van der Waals surface area contributed by atoms with Crippen molar-refractivity contribution in [3.05, 3.63) is 23.8 Å². The minimum Gasteiger partial charge on any atom is -0.398 e. The molecule has 1 aliphatic rings. The molecular weight excluding hydrogens is 230 g/mol. The maximum Gasteiger partial charge on any atom is 0.0670 e. The van der Waals surface area contributed by atoms with Gasteiger partial charge in [0.25, 0.3) is 0 Å². The van der Waals surface area contributed by atoms with Crippen LogP contribution in [0.15, 0.2) is 18.2 Å². The van der Waals surface area contributed by atoms with Gasteiger partial charge < -0.3 is 10.6 Å². The molecule has 0 bridgehead atoms. The number of nitrogens with two attached hydrogens (primary N) is 1. The highest BCUT2D eigenvalue weighted by Crippen LogP contribution is 2.28. The summed E-state index contributed by atoms with van der Waals surface area (Å²) in [5.74, 6) is 2.43. The van der Waals surface area contributed by atoms with Gasteiger partial charge in [-0.15, -0.1) is 0 Å². The fraction of sp³-hybridized carbons (Fsp3) is 0.462. The molecule has 3 nitrogen and oxygen atoms in total. The summed E-state index contributed by atoms with van der Waals surface area (Å²) in [5, 5.41) is 8.76. The van der Waals surface area contributed by atoms with Crippen molar-refractivity contribution >= 4 is 23.1 Å². The van der Waals surface area contributed by atoms with Crippen LogP contribution in [0.25, 0.3) is 0 Å². The largest absolute Gasteiger partial charge is 0.398 e. The van der Waals surface area contributed by atoms with Crippen molar-refractivity contribution in [2.24, 2.45) is 0 Å². The molecule has 0 saturated carbocycles. The Bertz CT molecular complexity index is 433. The van der Waals surface area contributed by atoms with Crippen LogP contribution in [0.3, 0.4) is 0 Å². The number of nitrogens with zero attached hydrogens (tertiary/aromatic N) is 2. The summed E-state index contributed by atoms with van der Waals surface area (Å²) >= 11 is 2.00. The van der Waals surface area contributed by atoms with Crippen LogP contribution in [0.1, 0.15) is 12.0 Å². The molecule has 90 valence electrons. The van der Waals surface area contributed by atoms with Crippen molar-refractivity contribution in [2.75, 3.05) is 29.2 Å². The van der Waals surface area contributed by atoms with Gasteiger partial charge in [-0.1, -0.05) is 0 Å². The van der Waals surface area contributed by atoms with E-state index in [0.29, 0.717) is 18.2 Å². The summed E-state index contributed by atoms with van der Waals surface area (Å²) in [6, 6.07) is 8.76. The first-order valence-corrected chi connectivity index (χ1v) is 6.93. The lowest BCUT2D eigenvalue weighted by Gasteiger charge is -2.26. The number of hydrogen-bond acceptors (Lipinski definition) is 4. The molecule has 2 rings (SSSR count). The molecule has 1 fully saturated rings. The van der Waals surface area contributed by atoms with E-state index in [1.165, 1.54) is 17.9 Å². The Balaban J connectivity index is 2.20. The maximum absolute atomic E-state index is 8.76. The molecule has 0 spiro atoms. The van der Waals surface area contributed by atoms with Gasteiger partial charge in [0.05, 0.1) is 12.5 Å². The Kier molecular flexibility index (Phi) is 3.80. The molecule has 0 aromatic heterocycles. The van der Waals surface area contributed by atoms with E-state index < -0.39 is 0 Å². The van der Waals surface area contributed by atoms with Crippen LogP contribution >= 0.6 is 11.8 Å². The second-order valence-electron chi connectivity index (χ2n) is 4.35. The number of benzene rings is 1. The Morgan fingerprint density at radius 3 is 3.06 bits per heavy atom. The molecule has 1 aliphatic heterocycles. The van der Waals surface area contributed by atoms with E-state index in [4.69, 9.17) is 11.0 Å². The molecule has 1 saturated heterocycles. The van der Waals surface area contributed by atoms with Gasteiger partial charge >= 0.3 is 0 Å². The van der Waals surface area contributed by atoms with Crippen molar-refractivity contribution in [3.8, 4) is 6.07 Å². The lowest BCUT2D eigenvalue weighted by atomic mass is 10.1.